The van der Waals surface area contributed by atoms with E-state index in [1.807, 2.05) is 30.3 Å². The summed E-state index contributed by atoms with van der Waals surface area (Å²) in [6.07, 6.45) is 0.361. The number of aromatic nitrogens is 1. The van der Waals surface area contributed by atoms with E-state index in [0.29, 0.717) is 24.4 Å². The Balaban J connectivity index is 1.95. The molecule has 0 fully saturated rings. The van der Waals surface area contributed by atoms with E-state index < -0.39 is 6.10 Å². The van der Waals surface area contributed by atoms with Crippen molar-refractivity contribution in [1.29, 1.82) is 0 Å². The van der Waals surface area contributed by atoms with Crippen molar-refractivity contribution >= 4 is 5.91 Å². The smallest absolute Gasteiger partial charge is 0.228 e. The van der Waals surface area contributed by atoms with Crippen LogP contribution in [0.15, 0.2) is 40.9 Å². The maximum Gasteiger partial charge on any atom is 0.228 e. The van der Waals surface area contributed by atoms with Crippen LogP contribution >= 0.6 is 0 Å². The largest absolute Gasteiger partial charge is 0.393 e. The van der Waals surface area contributed by atoms with Crippen LogP contribution in [0.4, 0.5) is 0 Å². The third-order valence-electron chi connectivity index (χ3n) is 3.26. The van der Waals surface area contributed by atoms with Crippen molar-refractivity contribution < 1.29 is 14.4 Å². The first kappa shape index (κ1) is 15.3. The second-order valence-corrected chi connectivity index (χ2v) is 5.18. The summed E-state index contributed by atoms with van der Waals surface area (Å²) in [6.45, 7) is 2.24. The van der Waals surface area contributed by atoms with Gasteiger partial charge in [-0.25, -0.2) is 0 Å². The summed E-state index contributed by atoms with van der Waals surface area (Å²) in [5, 5.41) is 13.2. The molecule has 0 aliphatic rings. The van der Waals surface area contributed by atoms with Crippen molar-refractivity contribution in [3.63, 3.8) is 0 Å². The molecule has 1 aromatic carbocycles. The van der Waals surface area contributed by atoms with E-state index in [1.165, 1.54) is 0 Å². The lowest BCUT2D eigenvalue weighted by Crippen LogP contribution is -2.30. The summed E-state index contributed by atoms with van der Waals surface area (Å²) in [5.74, 6) is 0.619. The number of benzene rings is 1. The van der Waals surface area contributed by atoms with Crippen LogP contribution < -0.4 is 0 Å². The van der Waals surface area contributed by atoms with Gasteiger partial charge in [0.15, 0.2) is 5.76 Å². The zero-order chi connectivity index (χ0) is 15.2. The van der Waals surface area contributed by atoms with Gasteiger partial charge in [-0.15, -0.1) is 0 Å². The number of aliphatic hydroxyl groups excluding tert-OH is 1. The van der Waals surface area contributed by atoms with Crippen molar-refractivity contribution in [2.45, 2.75) is 25.9 Å². The fourth-order valence-electron chi connectivity index (χ4n) is 1.93. The molecule has 1 aromatic heterocycles. The van der Waals surface area contributed by atoms with Crippen molar-refractivity contribution in [2.75, 3.05) is 13.6 Å². The average molecular weight is 288 g/mol. The number of amides is 1. The molecule has 0 bridgehead atoms. The molecule has 1 heterocycles. The molecule has 0 aliphatic heterocycles. The maximum absolute atomic E-state index is 12.0. The summed E-state index contributed by atoms with van der Waals surface area (Å²) >= 11 is 0. The molecule has 5 nitrogen and oxygen atoms in total. The highest BCUT2D eigenvalue weighted by molar-refractivity contribution is 5.78. The highest BCUT2D eigenvalue weighted by Gasteiger charge is 2.14. The average Bonchev–Trinajstić information content (AvgIpc) is 2.94. The number of carbonyl (C=O) groups is 1. The monoisotopic (exact) mass is 288 g/mol. The lowest BCUT2D eigenvalue weighted by Gasteiger charge is -2.17. The third kappa shape index (κ3) is 4.43. The Morgan fingerprint density at radius 1 is 1.38 bits per heavy atom. The second kappa shape index (κ2) is 7.04. The molecule has 112 valence electrons. The van der Waals surface area contributed by atoms with Crippen LogP contribution in [-0.2, 0) is 11.2 Å². The molecule has 1 amide bonds. The Labute approximate surface area is 124 Å². The van der Waals surface area contributed by atoms with Crippen LogP contribution in [0, 0.1) is 0 Å². The zero-order valence-corrected chi connectivity index (χ0v) is 12.3. The van der Waals surface area contributed by atoms with Gasteiger partial charge in [0.1, 0.15) is 0 Å². The van der Waals surface area contributed by atoms with Gasteiger partial charge in [-0.05, 0) is 13.3 Å². The van der Waals surface area contributed by atoms with Gasteiger partial charge >= 0.3 is 0 Å². The Kier molecular flexibility index (Phi) is 5.11. The predicted molar refractivity (Wildman–Crippen MR) is 79.6 cm³/mol. The molecule has 0 saturated heterocycles. The number of nitrogens with zero attached hydrogens (tertiary/aromatic N) is 2. The second-order valence-electron chi connectivity index (χ2n) is 5.18. The number of hydrogen-bond donors (Lipinski definition) is 1. The first-order valence-electron chi connectivity index (χ1n) is 6.99. The fourth-order valence-corrected chi connectivity index (χ4v) is 1.93. The number of aliphatic hydroxyl groups is 1. The van der Waals surface area contributed by atoms with Gasteiger partial charge in [0, 0.05) is 25.2 Å². The molecular formula is C16H20N2O3. The highest BCUT2D eigenvalue weighted by atomic mass is 16.5. The maximum atomic E-state index is 12.0. The molecule has 21 heavy (non-hydrogen) atoms. The molecule has 1 N–H and O–H groups in total. The fraction of sp³-hybridized carbons (Fsp3) is 0.375. The van der Waals surface area contributed by atoms with Crippen LogP contribution in [0.5, 0.6) is 0 Å². The normalized spacial score (nSPS) is 12.1. The van der Waals surface area contributed by atoms with E-state index in [0.717, 1.165) is 5.56 Å². The van der Waals surface area contributed by atoms with E-state index in [2.05, 4.69) is 5.16 Å². The van der Waals surface area contributed by atoms with Crippen LogP contribution in [0.1, 0.15) is 19.0 Å². The Bertz CT molecular complexity index is 578. The van der Waals surface area contributed by atoms with Crippen LogP contribution in [-0.4, -0.2) is 40.8 Å². The molecule has 2 aromatic rings. The van der Waals surface area contributed by atoms with Crippen LogP contribution in [0.25, 0.3) is 11.3 Å². The summed E-state index contributed by atoms with van der Waals surface area (Å²) in [7, 11) is 1.73. The van der Waals surface area contributed by atoms with Gasteiger partial charge in [0.2, 0.25) is 5.91 Å². The molecule has 0 spiro atoms. The molecule has 2 rings (SSSR count). The minimum Gasteiger partial charge on any atom is -0.393 e. The highest BCUT2D eigenvalue weighted by Crippen LogP contribution is 2.20. The molecule has 1 unspecified atom stereocenters. The quantitative estimate of drug-likeness (QED) is 0.884. The van der Waals surface area contributed by atoms with E-state index in [-0.39, 0.29) is 12.3 Å². The predicted octanol–water partition coefficient (Wildman–Crippen LogP) is 2.11. The van der Waals surface area contributed by atoms with Gasteiger partial charge in [-0.2, -0.15) is 0 Å². The van der Waals surface area contributed by atoms with Crippen LogP contribution in [0.2, 0.25) is 0 Å². The van der Waals surface area contributed by atoms with Gasteiger partial charge < -0.3 is 14.5 Å². The first-order valence-corrected chi connectivity index (χ1v) is 6.99. The Morgan fingerprint density at radius 2 is 2.10 bits per heavy atom. The molecule has 1 atom stereocenters. The van der Waals surface area contributed by atoms with E-state index >= 15 is 0 Å². The Morgan fingerprint density at radius 3 is 2.76 bits per heavy atom. The van der Waals surface area contributed by atoms with Gasteiger partial charge in [0.05, 0.1) is 18.2 Å². The SMILES string of the molecule is CC(O)CCN(C)C(=O)Cc1cc(-c2ccccc2)on1. The van der Waals surface area contributed by atoms with E-state index in [4.69, 9.17) is 4.52 Å². The third-order valence-corrected chi connectivity index (χ3v) is 3.26. The van der Waals surface area contributed by atoms with Gasteiger partial charge in [-0.3, -0.25) is 4.79 Å². The van der Waals surface area contributed by atoms with Gasteiger partial charge in [0.25, 0.3) is 0 Å². The lowest BCUT2D eigenvalue weighted by atomic mass is 10.1. The van der Waals surface area contributed by atoms with Crippen LogP contribution in [0.3, 0.4) is 0 Å². The minimum atomic E-state index is -0.406. The standard InChI is InChI=1S/C16H20N2O3/c1-12(19)8-9-18(2)16(20)11-14-10-15(21-17-14)13-6-4-3-5-7-13/h3-7,10,12,19H,8-9,11H2,1-2H3. The molecule has 0 radical (unpaired) electrons. The first-order chi connectivity index (χ1) is 10.1. The zero-order valence-electron chi connectivity index (χ0n) is 12.3. The summed E-state index contributed by atoms with van der Waals surface area (Å²) < 4.78 is 5.27. The van der Waals surface area contributed by atoms with E-state index in [1.54, 1.807) is 24.9 Å². The van der Waals surface area contributed by atoms with Crippen molar-refractivity contribution in [3.05, 3.63) is 42.1 Å². The lowest BCUT2D eigenvalue weighted by molar-refractivity contribution is -0.129. The number of rotatable bonds is 6. The molecular weight excluding hydrogens is 268 g/mol. The summed E-state index contributed by atoms with van der Waals surface area (Å²) in [6, 6.07) is 11.4. The summed E-state index contributed by atoms with van der Waals surface area (Å²) in [5.41, 5.74) is 1.55. The van der Waals surface area contributed by atoms with E-state index in [9.17, 15) is 9.90 Å². The minimum absolute atomic E-state index is 0.0384. The molecule has 0 saturated carbocycles. The van der Waals surface area contributed by atoms with Crippen molar-refractivity contribution in [3.8, 4) is 11.3 Å². The number of hydrogen-bond acceptors (Lipinski definition) is 4. The van der Waals surface area contributed by atoms with Crippen molar-refractivity contribution in [2.24, 2.45) is 0 Å². The summed E-state index contributed by atoms with van der Waals surface area (Å²) in [4.78, 5) is 13.6. The number of carbonyl (C=O) groups excluding carboxylic acids is 1. The van der Waals surface area contributed by atoms with Crippen molar-refractivity contribution in [1.82, 2.24) is 10.1 Å². The van der Waals surface area contributed by atoms with Gasteiger partial charge in [-0.1, -0.05) is 35.5 Å². The topological polar surface area (TPSA) is 66.6 Å². The molecule has 5 heteroatoms. The Hall–Kier alpha value is -2.14. The number of likely N-dealkylation sites (N-methyl/N-ethyl adjacent to an activating group) is 1. The molecule has 0 aliphatic carbocycles.